The van der Waals surface area contributed by atoms with Gasteiger partial charge in [0.1, 0.15) is 34.0 Å². The summed E-state index contributed by atoms with van der Waals surface area (Å²) < 4.78 is 25.0. The fourth-order valence-electron chi connectivity index (χ4n) is 11.9. The molecule has 1 spiro atoms. The van der Waals surface area contributed by atoms with Crippen LogP contribution in [0.2, 0.25) is 0 Å². The third-order valence-electron chi connectivity index (χ3n) is 16.6. The van der Waals surface area contributed by atoms with Crippen LogP contribution in [0.4, 0.5) is 10.5 Å². The smallest absolute Gasteiger partial charge is 0.410 e. The average molecular weight is 1030 g/mol. The molecule has 18 heteroatoms. The van der Waals surface area contributed by atoms with Gasteiger partial charge in [-0.15, -0.1) is 0 Å². The zero-order valence-corrected chi connectivity index (χ0v) is 44.9. The van der Waals surface area contributed by atoms with Crippen molar-refractivity contribution in [2.24, 2.45) is 45.5 Å². The van der Waals surface area contributed by atoms with Crippen LogP contribution >= 0.6 is 0 Å². The topological polar surface area (TPSA) is 233 Å². The summed E-state index contributed by atoms with van der Waals surface area (Å²) >= 11 is 0. The van der Waals surface area contributed by atoms with Gasteiger partial charge in [0.2, 0.25) is 5.91 Å². The number of anilines is 1. The molecule has 0 radical (unpaired) electrons. The summed E-state index contributed by atoms with van der Waals surface area (Å²) in [5.41, 5.74) is -0.177. The van der Waals surface area contributed by atoms with Crippen LogP contribution in [-0.4, -0.2) is 148 Å². The van der Waals surface area contributed by atoms with Gasteiger partial charge in [-0.3, -0.25) is 19.4 Å². The summed E-state index contributed by atoms with van der Waals surface area (Å²) in [7, 11) is 1.48. The molecule has 0 aromatic heterocycles. The van der Waals surface area contributed by atoms with E-state index in [2.05, 4.69) is 29.1 Å². The van der Waals surface area contributed by atoms with Gasteiger partial charge >= 0.3 is 11.9 Å². The van der Waals surface area contributed by atoms with Crippen molar-refractivity contribution < 1.29 is 58.6 Å². The Kier molecular flexibility index (Phi) is 16.2. The van der Waals surface area contributed by atoms with Gasteiger partial charge in [-0.25, -0.2) is 9.79 Å². The molecule has 2 aromatic rings. The van der Waals surface area contributed by atoms with Crippen molar-refractivity contribution in [2.75, 3.05) is 58.2 Å². The number of hydrogen-bond acceptors (Lipinski definition) is 15. The van der Waals surface area contributed by atoms with Crippen molar-refractivity contribution in [3.63, 3.8) is 0 Å². The number of ether oxygens (including phenoxy) is 4. The van der Waals surface area contributed by atoms with Crippen LogP contribution in [0.3, 0.4) is 0 Å². The number of fused-ring (bicyclic) bond motifs is 13. The number of aliphatic hydroxyl groups is 2. The number of rotatable bonds is 5. The monoisotopic (exact) mass is 1030 g/mol. The maximum absolute atomic E-state index is 15.0. The number of allylic oxidation sites excluding steroid dienone is 2. The van der Waals surface area contributed by atoms with E-state index in [0.29, 0.717) is 63.5 Å². The lowest BCUT2D eigenvalue weighted by molar-refractivity contribution is -0.138. The highest BCUT2D eigenvalue weighted by Gasteiger charge is 2.51. The molecule has 9 atom stereocenters. The first-order chi connectivity index (χ1) is 35.1. The molecule has 404 valence electrons. The number of amides is 3. The van der Waals surface area contributed by atoms with E-state index >= 15 is 0 Å². The minimum absolute atomic E-state index is 0.0417. The minimum atomic E-state index is -1.99. The van der Waals surface area contributed by atoms with E-state index in [4.69, 9.17) is 23.9 Å². The molecule has 5 N–H and O–H groups in total. The first kappa shape index (κ1) is 54.7. The number of hydrogen-bond donors (Lipinski definition) is 5. The van der Waals surface area contributed by atoms with E-state index in [-0.39, 0.29) is 61.5 Å². The number of methoxy groups -OCH3 is 1. The molecule has 0 aliphatic carbocycles. The van der Waals surface area contributed by atoms with E-state index in [0.717, 1.165) is 38.9 Å². The first-order valence-corrected chi connectivity index (χ1v) is 26.7. The molecule has 5 bridgehead atoms. The summed E-state index contributed by atoms with van der Waals surface area (Å²) in [6, 6.07) is 0. The summed E-state index contributed by atoms with van der Waals surface area (Å²) in [5.74, 6) is -6.44. The van der Waals surface area contributed by atoms with Gasteiger partial charge in [-0.2, -0.15) is 0 Å². The number of carbonyl (C=O) groups excluding carboxylic acids is 4. The Morgan fingerprint density at radius 2 is 1.54 bits per heavy atom. The van der Waals surface area contributed by atoms with Crippen molar-refractivity contribution in [3.05, 3.63) is 58.0 Å². The zero-order valence-electron chi connectivity index (χ0n) is 44.9. The van der Waals surface area contributed by atoms with Crippen LogP contribution in [-0.2, 0) is 23.8 Å². The standard InChI is InChI=1S/C56H78N6O12/c1-30(2)29-60-26-20-56(21-27-60)58-42-39-40-47(65)36(8)50-41(39)51(67)55(9,74-50)72-28-19-38(71-10)33(5)49(73-54(70)62-24-17-37(18-25-62)53(69)61-22-12-11-13-23-61)35(7)46(64)34(6)45(63)31(3)15-14-16-32(4)52(68)57-44(48(40)66)43(42)59-56/h14-16,19,28,30-31,33-35,37-38,45-46,49,58,63-66H,11-13,17-18,20-27,29H2,1-10H3/b15-14+,28-19+,32-16-,57-44?/t31-,33+,34+,35+,38-,45-,46+,49+,55-/m0/s1. The van der Waals surface area contributed by atoms with Crippen LogP contribution in [0.1, 0.15) is 116 Å². The van der Waals surface area contributed by atoms with E-state index < -0.39 is 83.1 Å². The molecular formula is C56H78N6O12. The third-order valence-corrected chi connectivity index (χ3v) is 16.6. The Morgan fingerprint density at radius 3 is 2.19 bits per heavy atom. The number of phenols is 2. The number of aromatic hydroxyl groups is 2. The van der Waals surface area contributed by atoms with Crippen molar-refractivity contribution in [2.45, 2.75) is 143 Å². The lowest BCUT2D eigenvalue weighted by atomic mass is 9.78. The number of aliphatic hydroxyl groups excluding tert-OH is 2. The number of nitrogens with zero attached hydrogens (tertiary/aromatic N) is 5. The molecule has 7 aliphatic rings. The molecule has 18 nitrogen and oxygen atoms in total. The lowest BCUT2D eigenvalue weighted by Crippen LogP contribution is -2.50. The van der Waals surface area contributed by atoms with Gasteiger partial charge in [-0.1, -0.05) is 59.8 Å². The van der Waals surface area contributed by atoms with Gasteiger partial charge in [-0.05, 0) is 57.9 Å². The van der Waals surface area contributed by atoms with Crippen molar-refractivity contribution in [1.29, 1.82) is 0 Å². The van der Waals surface area contributed by atoms with Gasteiger partial charge in [0.05, 0.1) is 41.2 Å². The van der Waals surface area contributed by atoms with Gasteiger partial charge in [0, 0.05) is 119 Å². The Hall–Kier alpha value is -5.56. The quantitative estimate of drug-likeness (QED) is 0.215. The van der Waals surface area contributed by atoms with Gasteiger partial charge < -0.3 is 59.4 Å². The molecule has 0 unspecified atom stereocenters. The molecule has 3 fully saturated rings. The summed E-state index contributed by atoms with van der Waals surface area (Å²) in [6.07, 6.45) is 8.30. The van der Waals surface area contributed by atoms with Crippen molar-refractivity contribution >= 4 is 40.2 Å². The van der Waals surface area contributed by atoms with Crippen LogP contribution in [0, 0.1) is 42.4 Å². The second-order valence-corrected chi connectivity index (χ2v) is 22.4. The molecule has 7 heterocycles. The summed E-state index contributed by atoms with van der Waals surface area (Å²) in [6.45, 7) is 20.5. The number of ketones is 1. The minimum Gasteiger partial charge on any atom is -0.507 e. The number of piperidine rings is 3. The predicted molar refractivity (Wildman–Crippen MR) is 277 cm³/mol. The summed E-state index contributed by atoms with van der Waals surface area (Å²) in [5, 5.41) is 51.6. The highest BCUT2D eigenvalue weighted by molar-refractivity contribution is 6.21. The normalized spacial score (nSPS) is 31.8. The van der Waals surface area contributed by atoms with Crippen molar-refractivity contribution in [3.8, 4) is 17.2 Å². The Labute approximate surface area is 434 Å². The SMILES string of the molecule is CO[C@H]1/C=C/O[C@@]2(C)Oc3c(C)c(O)c4c(O)c(c5c(c4c3C2=O)NC2(CCN(CC(C)C)CC2)N=5)=NC(=O)/C(C)=C\C=C\[C@H](C)[C@H](O)[C@@H](C)[C@@H](O)[C@@H](C)[C@H](OC(=O)N2CCC(C(=O)N3CCCCC3)CC2)[C@@H]1C. The number of benzene rings is 2. The van der Waals surface area contributed by atoms with Gasteiger partial charge in [0.15, 0.2) is 5.75 Å². The maximum Gasteiger partial charge on any atom is 0.410 e. The molecule has 2 aromatic carbocycles. The maximum atomic E-state index is 15.0. The molecule has 3 saturated heterocycles. The molecule has 9 rings (SSSR count). The van der Waals surface area contributed by atoms with E-state index in [9.17, 15) is 39.6 Å². The highest BCUT2D eigenvalue weighted by Crippen LogP contribution is 2.51. The van der Waals surface area contributed by atoms with Crippen molar-refractivity contribution in [1.82, 2.24) is 14.7 Å². The fraction of sp³-hybridized carbons (Fsp3) is 0.643. The van der Waals surface area contributed by atoms with E-state index in [1.807, 2.05) is 11.8 Å². The molecule has 0 saturated carbocycles. The molecule has 7 aliphatic heterocycles. The van der Waals surface area contributed by atoms with E-state index in [1.165, 1.54) is 20.3 Å². The molecular weight excluding hydrogens is 949 g/mol. The van der Waals surface area contributed by atoms with Gasteiger partial charge in [0.25, 0.3) is 11.7 Å². The Balaban J connectivity index is 1.17. The number of carbonyl (C=O) groups is 4. The number of likely N-dealkylation sites (tertiary alicyclic amines) is 3. The largest absolute Gasteiger partial charge is 0.507 e. The van der Waals surface area contributed by atoms with Crippen LogP contribution < -0.4 is 20.8 Å². The third kappa shape index (κ3) is 10.5. The lowest BCUT2D eigenvalue weighted by Gasteiger charge is -2.40. The van der Waals surface area contributed by atoms with Crippen LogP contribution in [0.5, 0.6) is 17.2 Å². The number of phenolic OH excluding ortho intramolecular Hbond substituents is 2. The zero-order chi connectivity index (χ0) is 53.6. The number of nitrogens with one attached hydrogen (secondary N) is 1. The molecule has 74 heavy (non-hydrogen) atoms. The first-order valence-electron chi connectivity index (χ1n) is 26.7. The second-order valence-electron chi connectivity index (χ2n) is 22.4. The average Bonchev–Trinajstić information content (AvgIpc) is 3.89. The Bertz CT molecular complexity index is 2720. The highest BCUT2D eigenvalue weighted by atomic mass is 16.7. The van der Waals surface area contributed by atoms with Crippen LogP contribution in [0.25, 0.3) is 10.8 Å². The molecule has 3 amide bonds. The fourth-order valence-corrected chi connectivity index (χ4v) is 11.9. The summed E-state index contributed by atoms with van der Waals surface area (Å²) in [4.78, 5) is 72.1. The van der Waals surface area contributed by atoms with Crippen LogP contribution in [0.15, 0.2) is 46.1 Å². The predicted octanol–water partition coefficient (Wildman–Crippen LogP) is 6.05. The Morgan fingerprint density at radius 1 is 0.865 bits per heavy atom. The second kappa shape index (κ2) is 22.0. The van der Waals surface area contributed by atoms with E-state index in [1.54, 1.807) is 63.8 Å². The number of Topliss-reactive ketones (excluding diaryl/α,β-unsaturated/α-hetero) is 1.